The van der Waals surface area contributed by atoms with Crippen LogP contribution in [0.3, 0.4) is 0 Å². The van der Waals surface area contributed by atoms with Gasteiger partial charge < -0.3 is 9.47 Å². The summed E-state index contributed by atoms with van der Waals surface area (Å²) in [6.45, 7) is 0. The first-order chi connectivity index (χ1) is 11.7. The van der Waals surface area contributed by atoms with Crippen LogP contribution in [-0.4, -0.2) is 29.1 Å². The van der Waals surface area contributed by atoms with Gasteiger partial charge in [-0.3, -0.25) is 10.1 Å². The smallest absolute Gasteiger partial charge is 0.261 e. The number of nitrogens with zero attached hydrogens (tertiary/aromatic N) is 2. The molecule has 0 saturated heterocycles. The van der Waals surface area contributed by atoms with Crippen LogP contribution < -0.4 is 14.8 Å². The van der Waals surface area contributed by atoms with E-state index in [9.17, 15) is 9.18 Å². The van der Waals surface area contributed by atoms with E-state index in [1.54, 1.807) is 6.07 Å². The van der Waals surface area contributed by atoms with E-state index in [1.165, 1.54) is 25.6 Å². The predicted molar refractivity (Wildman–Crippen MR) is 85.8 cm³/mol. The van der Waals surface area contributed by atoms with Gasteiger partial charge in [0.1, 0.15) is 5.82 Å². The van der Waals surface area contributed by atoms with Gasteiger partial charge in [0.2, 0.25) is 5.95 Å². The Morgan fingerprint density at radius 2 is 1.92 bits per heavy atom. The fourth-order valence-corrected chi connectivity index (χ4v) is 2.68. The molecule has 1 aliphatic rings. The summed E-state index contributed by atoms with van der Waals surface area (Å²) in [5.74, 6) is -0.593. The molecule has 6 nitrogen and oxygen atoms in total. The lowest BCUT2D eigenvalue weighted by molar-refractivity contribution is 0.102. The molecule has 0 atom stereocenters. The molecule has 1 heterocycles. The summed E-state index contributed by atoms with van der Waals surface area (Å²) in [7, 11) is 1.44. The van der Waals surface area contributed by atoms with Crippen molar-refractivity contribution < 1.29 is 18.7 Å². The number of hydrogen-bond acceptors (Lipinski definition) is 5. The molecule has 126 valence electrons. The minimum atomic E-state index is -0.695. The third-order valence-corrected chi connectivity index (χ3v) is 3.88. The first-order valence-corrected chi connectivity index (χ1v) is 7.80. The van der Waals surface area contributed by atoms with Crippen LogP contribution in [0.4, 0.5) is 10.3 Å². The van der Waals surface area contributed by atoms with Crippen molar-refractivity contribution in [1.29, 1.82) is 0 Å². The largest absolute Gasteiger partial charge is 0.493 e. The zero-order valence-corrected chi connectivity index (χ0v) is 13.3. The van der Waals surface area contributed by atoms with Gasteiger partial charge in [-0.1, -0.05) is 0 Å². The molecule has 1 fully saturated rings. The van der Waals surface area contributed by atoms with Crippen molar-refractivity contribution in [1.82, 2.24) is 9.97 Å². The lowest BCUT2D eigenvalue weighted by Crippen LogP contribution is -2.17. The van der Waals surface area contributed by atoms with E-state index in [0.717, 1.165) is 31.7 Å². The molecule has 0 unspecified atom stereocenters. The van der Waals surface area contributed by atoms with Crippen LogP contribution in [-0.2, 0) is 0 Å². The maximum atomic E-state index is 14.2. The zero-order valence-electron chi connectivity index (χ0n) is 13.3. The second-order valence-electron chi connectivity index (χ2n) is 5.53. The highest BCUT2D eigenvalue weighted by Gasteiger charge is 2.22. The quantitative estimate of drug-likeness (QED) is 0.911. The van der Waals surface area contributed by atoms with Gasteiger partial charge in [-0.15, -0.1) is 0 Å². The normalized spacial score (nSPS) is 14.4. The van der Waals surface area contributed by atoms with E-state index in [2.05, 4.69) is 15.3 Å². The van der Waals surface area contributed by atoms with Gasteiger partial charge in [0.05, 0.1) is 18.8 Å². The van der Waals surface area contributed by atoms with Gasteiger partial charge in [0.25, 0.3) is 5.91 Å². The molecule has 1 aromatic carbocycles. The molecule has 2 aromatic rings. The summed E-state index contributed by atoms with van der Waals surface area (Å²) in [6, 6.07) is 4.15. The Bertz CT molecular complexity index is 719. The number of benzene rings is 1. The van der Waals surface area contributed by atoms with E-state index in [-0.39, 0.29) is 23.4 Å². The molecule has 1 aliphatic carbocycles. The molecule has 1 aromatic heterocycles. The summed E-state index contributed by atoms with van der Waals surface area (Å²) in [5.41, 5.74) is -0.142. The van der Waals surface area contributed by atoms with Crippen LogP contribution in [0.25, 0.3) is 0 Å². The number of methoxy groups -OCH3 is 1. The van der Waals surface area contributed by atoms with Crippen molar-refractivity contribution in [3.8, 4) is 11.5 Å². The maximum Gasteiger partial charge on any atom is 0.261 e. The lowest BCUT2D eigenvalue weighted by Gasteiger charge is -2.17. The van der Waals surface area contributed by atoms with Crippen molar-refractivity contribution >= 4 is 11.9 Å². The molecule has 1 amide bonds. The van der Waals surface area contributed by atoms with Crippen LogP contribution in [0.15, 0.2) is 30.6 Å². The molecule has 0 aliphatic heterocycles. The van der Waals surface area contributed by atoms with Crippen molar-refractivity contribution in [2.45, 2.75) is 31.8 Å². The molecule has 0 spiro atoms. The molecule has 1 saturated carbocycles. The molecule has 3 rings (SSSR count). The number of anilines is 1. The number of rotatable bonds is 5. The second-order valence-corrected chi connectivity index (χ2v) is 5.53. The highest BCUT2D eigenvalue weighted by molar-refractivity contribution is 6.04. The van der Waals surface area contributed by atoms with Crippen molar-refractivity contribution in [3.63, 3.8) is 0 Å². The summed E-state index contributed by atoms with van der Waals surface area (Å²) < 4.78 is 25.3. The molecular weight excluding hydrogens is 313 g/mol. The highest BCUT2D eigenvalue weighted by atomic mass is 19.1. The standard InChI is InChI=1S/C17H18FN3O3/c1-23-14-10-13(18)12(9-15(14)24-11-5-2-3-6-11)16(22)21-17-19-7-4-8-20-17/h4,7-11H,2-3,5-6H2,1H3,(H,19,20,21,22). The average molecular weight is 331 g/mol. The number of halogens is 1. The van der Waals surface area contributed by atoms with Crippen LogP contribution in [0.1, 0.15) is 36.0 Å². The fourth-order valence-electron chi connectivity index (χ4n) is 2.68. The van der Waals surface area contributed by atoms with Crippen LogP contribution in [0.5, 0.6) is 11.5 Å². The van der Waals surface area contributed by atoms with Crippen molar-refractivity contribution in [2.24, 2.45) is 0 Å². The third kappa shape index (κ3) is 3.61. The Hall–Kier alpha value is -2.70. The van der Waals surface area contributed by atoms with E-state index < -0.39 is 11.7 Å². The zero-order chi connectivity index (χ0) is 16.9. The monoisotopic (exact) mass is 331 g/mol. The first kappa shape index (κ1) is 16.2. The Balaban J connectivity index is 1.85. The Morgan fingerprint density at radius 3 is 2.58 bits per heavy atom. The lowest BCUT2D eigenvalue weighted by atomic mass is 10.1. The number of nitrogens with one attached hydrogen (secondary N) is 1. The van der Waals surface area contributed by atoms with E-state index in [4.69, 9.17) is 9.47 Å². The highest BCUT2D eigenvalue weighted by Crippen LogP contribution is 2.34. The van der Waals surface area contributed by atoms with E-state index in [1.807, 2.05) is 0 Å². The van der Waals surface area contributed by atoms with Crippen molar-refractivity contribution in [3.05, 3.63) is 42.0 Å². The molecular formula is C17H18FN3O3. The maximum absolute atomic E-state index is 14.2. The molecule has 24 heavy (non-hydrogen) atoms. The summed E-state index contributed by atoms with van der Waals surface area (Å²) in [6.07, 6.45) is 7.14. The molecule has 0 radical (unpaired) electrons. The molecule has 7 heteroatoms. The van der Waals surface area contributed by atoms with Crippen LogP contribution >= 0.6 is 0 Å². The minimum absolute atomic E-state index is 0.0673. The number of hydrogen-bond donors (Lipinski definition) is 1. The van der Waals surface area contributed by atoms with Crippen molar-refractivity contribution in [2.75, 3.05) is 12.4 Å². The SMILES string of the molecule is COc1cc(F)c(C(=O)Nc2ncccn2)cc1OC1CCCC1. The fraction of sp³-hybridized carbons (Fsp3) is 0.353. The Labute approximate surface area is 139 Å². The predicted octanol–water partition coefficient (Wildman–Crippen LogP) is 3.20. The molecule has 0 bridgehead atoms. The van der Waals surface area contributed by atoms with Gasteiger partial charge >= 0.3 is 0 Å². The van der Waals surface area contributed by atoms with E-state index in [0.29, 0.717) is 5.75 Å². The first-order valence-electron chi connectivity index (χ1n) is 7.80. The van der Waals surface area contributed by atoms with Gasteiger partial charge in [0.15, 0.2) is 11.5 Å². The minimum Gasteiger partial charge on any atom is -0.493 e. The summed E-state index contributed by atoms with van der Waals surface area (Å²) in [5, 5.41) is 2.46. The van der Waals surface area contributed by atoms with Crippen LogP contribution in [0, 0.1) is 5.82 Å². The average Bonchev–Trinajstić information content (AvgIpc) is 3.10. The van der Waals surface area contributed by atoms with Gasteiger partial charge in [-0.2, -0.15) is 0 Å². The number of carbonyl (C=O) groups excluding carboxylic acids is 1. The van der Waals surface area contributed by atoms with Gasteiger partial charge in [-0.05, 0) is 37.8 Å². The molecule has 1 N–H and O–H groups in total. The summed E-state index contributed by atoms with van der Waals surface area (Å²) in [4.78, 5) is 20.1. The Morgan fingerprint density at radius 1 is 1.21 bits per heavy atom. The number of amides is 1. The number of aromatic nitrogens is 2. The summed E-state index contributed by atoms with van der Waals surface area (Å²) >= 11 is 0. The van der Waals surface area contributed by atoms with Gasteiger partial charge in [0, 0.05) is 18.5 Å². The van der Waals surface area contributed by atoms with Gasteiger partial charge in [-0.25, -0.2) is 14.4 Å². The number of carbonyl (C=O) groups is 1. The van der Waals surface area contributed by atoms with E-state index >= 15 is 0 Å². The number of ether oxygens (including phenoxy) is 2. The Kier molecular flexibility index (Phi) is 4.88. The third-order valence-electron chi connectivity index (χ3n) is 3.88. The van der Waals surface area contributed by atoms with Crippen LogP contribution in [0.2, 0.25) is 0 Å². The second kappa shape index (κ2) is 7.25. The topological polar surface area (TPSA) is 73.3 Å².